The van der Waals surface area contributed by atoms with Crippen LogP contribution in [0.3, 0.4) is 0 Å². The third kappa shape index (κ3) is 19.8. The average Bonchev–Trinajstić information content (AvgIpc) is 1.60. The fourth-order valence-electron chi connectivity index (χ4n) is 13.9. The van der Waals surface area contributed by atoms with Crippen LogP contribution in [0.5, 0.6) is 0 Å². The number of ether oxygens (including phenoxy) is 3. The molecule has 25 nitrogen and oxygen atoms in total. The van der Waals surface area contributed by atoms with Gasteiger partial charge in [-0.1, -0.05) is 104 Å². The Hall–Kier alpha value is -8.16. The summed E-state index contributed by atoms with van der Waals surface area (Å²) in [6.45, 7) is 13.9. The lowest BCUT2D eigenvalue weighted by molar-refractivity contribution is -0.148. The molecule has 10 amide bonds. The van der Waals surface area contributed by atoms with Crippen LogP contribution in [0.15, 0.2) is 85.2 Å². The van der Waals surface area contributed by atoms with Gasteiger partial charge in [0.2, 0.25) is 41.4 Å². The number of anilines is 1. The molecule has 2 bridgehead atoms. The maximum Gasteiger partial charge on any atom is 0.411 e. The number of unbranched alkanes of at least 4 members (excludes halogenated alkanes) is 2. The second-order valence-corrected chi connectivity index (χ2v) is 26.8. The van der Waals surface area contributed by atoms with Crippen LogP contribution in [-0.2, 0) is 70.4 Å². The minimum atomic E-state index is -1.00. The largest absolute Gasteiger partial charge is 0.445 e. The summed E-state index contributed by atoms with van der Waals surface area (Å²) < 4.78 is 18.1. The molecule has 1 aliphatic carbocycles. The summed E-state index contributed by atoms with van der Waals surface area (Å²) >= 11 is 0. The third-order valence-electron chi connectivity index (χ3n) is 19.4. The van der Waals surface area contributed by atoms with E-state index in [2.05, 4.69) is 36.6 Å². The van der Waals surface area contributed by atoms with Crippen LogP contribution in [0.4, 0.5) is 10.5 Å². The maximum absolute atomic E-state index is 15.0. The van der Waals surface area contributed by atoms with Gasteiger partial charge in [0.1, 0.15) is 30.8 Å². The summed E-state index contributed by atoms with van der Waals surface area (Å²) in [7, 11) is 4.76. The summed E-state index contributed by atoms with van der Waals surface area (Å²) in [6, 6.07) is 12.6. The van der Waals surface area contributed by atoms with Crippen molar-refractivity contribution < 1.29 is 62.2 Å². The minimum absolute atomic E-state index is 0.0650. The van der Waals surface area contributed by atoms with E-state index < -0.39 is 84.2 Å². The zero-order valence-electron chi connectivity index (χ0n) is 57.5. The number of nitrogens with two attached hydrogens (primary N) is 1. The number of hydrogen-bond donors (Lipinski definition) is 6. The molecule has 4 heterocycles. The number of methoxy groups -OCH3 is 2. The predicted octanol–water partition coefficient (Wildman–Crippen LogP) is 5.92. The number of nitrogens with zero attached hydrogens (tertiary/aromatic N) is 6. The molecule has 3 fully saturated rings. The Bertz CT molecular complexity index is 3140. The number of carbonyl (C=O) groups excluding carboxylic acids is 10. The van der Waals surface area contributed by atoms with Crippen LogP contribution >= 0.6 is 0 Å². The molecular formula is C71H102N12O13. The topological polar surface area (TPSA) is 323 Å². The van der Waals surface area contributed by atoms with Gasteiger partial charge >= 0.3 is 6.09 Å². The number of likely N-dealkylation sites (N-methyl/N-ethyl adjacent to an activating group) is 1. The zero-order chi connectivity index (χ0) is 69.8. The van der Waals surface area contributed by atoms with Gasteiger partial charge in [-0.05, 0) is 124 Å². The van der Waals surface area contributed by atoms with E-state index in [1.165, 1.54) is 24.2 Å². The van der Waals surface area contributed by atoms with Crippen molar-refractivity contribution in [3.63, 3.8) is 0 Å². The normalized spacial score (nSPS) is 20.2. The van der Waals surface area contributed by atoms with E-state index in [0.717, 1.165) is 16.9 Å². The van der Waals surface area contributed by atoms with Crippen molar-refractivity contribution in [2.45, 2.75) is 206 Å². The number of benzene rings is 2. The highest BCUT2D eigenvalue weighted by Gasteiger charge is 2.53. The third-order valence-corrected chi connectivity index (χ3v) is 19.4. The molecule has 3 aromatic rings. The summed E-state index contributed by atoms with van der Waals surface area (Å²) in [4.78, 5) is 152. The Morgan fingerprint density at radius 1 is 0.740 bits per heavy atom. The number of rotatable bonds is 36. The molecule has 13 atom stereocenters. The van der Waals surface area contributed by atoms with Crippen molar-refractivity contribution >= 4 is 64.9 Å². The van der Waals surface area contributed by atoms with E-state index in [4.69, 9.17) is 19.9 Å². The van der Waals surface area contributed by atoms with Gasteiger partial charge in [-0.3, -0.25) is 53.0 Å². The zero-order valence-corrected chi connectivity index (χ0v) is 57.5. The average molecular weight is 1330 g/mol. The molecule has 13 unspecified atom stereocenters. The predicted molar refractivity (Wildman–Crippen MR) is 359 cm³/mol. The molecule has 25 heteroatoms. The number of hydrogen-bond acceptors (Lipinski definition) is 16. The van der Waals surface area contributed by atoms with Gasteiger partial charge in [0, 0.05) is 77.1 Å². The molecule has 0 radical (unpaired) electrons. The highest BCUT2D eigenvalue weighted by molar-refractivity contribution is 6.12. The van der Waals surface area contributed by atoms with Gasteiger partial charge in [0.25, 0.3) is 11.8 Å². The van der Waals surface area contributed by atoms with E-state index in [1.807, 2.05) is 58.0 Å². The van der Waals surface area contributed by atoms with Crippen molar-refractivity contribution in [2.24, 2.45) is 35.3 Å². The number of carbonyl (C=O) groups is 10. The molecule has 7 rings (SSSR count). The molecule has 3 aliphatic heterocycles. The first-order valence-corrected chi connectivity index (χ1v) is 34.2. The Labute approximate surface area is 564 Å². The Kier molecular flexibility index (Phi) is 28.4. The van der Waals surface area contributed by atoms with E-state index in [-0.39, 0.29) is 104 Å². The standard InChI is InChI=1S/C71H102N12O13/c1-11-45(6)62(55(94-9)41-59(87)81-38-19-24-54(81)64(95-10)46(7)66(88)77-53(65-73-35-20-36-74-65)39-47-21-14-12-15-22-47)80(8)70(92)61(44(4)5)79-69(91)63-49-28-31-51(40-49)83(63)71(93)96-42-48-26-29-50(30-27-48)75-67(89)52(23-18-34-72)76-68(90)60(43(2)3)78-56(84)25-16-13-17-37-82-57(85)32-33-58(82)86/h12,14-15,20-22,26-27,29-30,32-33,35-36,43-46,49,51-55,60-64H,11,13,16-19,23-25,28,31,34,37-42,72H2,1-10H3,(H,75,89)(H,76,90)(H,77,88)(H,78,84)(H,79,91). The smallest absolute Gasteiger partial charge is 0.411 e. The van der Waals surface area contributed by atoms with Gasteiger partial charge < -0.3 is 56.3 Å². The van der Waals surface area contributed by atoms with Gasteiger partial charge in [-0.25, -0.2) is 14.8 Å². The number of aromatic nitrogens is 2. The Morgan fingerprint density at radius 2 is 1.43 bits per heavy atom. The number of fused-ring (bicyclic) bond motifs is 2. The van der Waals surface area contributed by atoms with E-state index in [0.29, 0.717) is 87.8 Å². The molecule has 4 aliphatic rings. The molecular weight excluding hydrogens is 1230 g/mol. The quantitative estimate of drug-likeness (QED) is 0.0291. The summed E-state index contributed by atoms with van der Waals surface area (Å²) in [5, 5.41) is 14.7. The second kappa shape index (κ2) is 36.3. The lowest BCUT2D eigenvalue weighted by Crippen LogP contribution is -2.60. The highest BCUT2D eigenvalue weighted by atomic mass is 16.6. The van der Waals surface area contributed by atoms with Crippen LogP contribution in [0.1, 0.15) is 155 Å². The van der Waals surface area contributed by atoms with Crippen molar-refractivity contribution in [3.05, 3.63) is 102 Å². The molecule has 524 valence electrons. The summed E-state index contributed by atoms with van der Waals surface area (Å²) in [6.07, 6.45) is 10.4. The first-order valence-electron chi connectivity index (χ1n) is 34.2. The molecule has 1 saturated carbocycles. The van der Waals surface area contributed by atoms with E-state index in [1.54, 1.807) is 87.5 Å². The fourth-order valence-corrected chi connectivity index (χ4v) is 13.9. The first-order chi connectivity index (χ1) is 46.0. The lowest BCUT2D eigenvalue weighted by Gasteiger charge is -2.41. The number of likely N-dealkylation sites (tertiary alicyclic amines) is 2. The molecule has 0 spiro atoms. The maximum atomic E-state index is 15.0. The van der Waals surface area contributed by atoms with Crippen molar-refractivity contribution in [1.29, 1.82) is 0 Å². The summed E-state index contributed by atoms with van der Waals surface area (Å²) in [5.74, 6) is -4.57. The van der Waals surface area contributed by atoms with Crippen molar-refractivity contribution in [3.8, 4) is 0 Å². The van der Waals surface area contributed by atoms with Crippen LogP contribution in [0.25, 0.3) is 0 Å². The Balaban J connectivity index is 0.926. The highest BCUT2D eigenvalue weighted by Crippen LogP contribution is 2.43. The van der Waals surface area contributed by atoms with Crippen LogP contribution in [0, 0.1) is 29.6 Å². The van der Waals surface area contributed by atoms with E-state index in [9.17, 15) is 47.9 Å². The Morgan fingerprint density at radius 3 is 2.06 bits per heavy atom. The van der Waals surface area contributed by atoms with Gasteiger partial charge in [-0.2, -0.15) is 0 Å². The van der Waals surface area contributed by atoms with Crippen molar-refractivity contribution in [2.75, 3.05) is 46.2 Å². The monoisotopic (exact) mass is 1330 g/mol. The molecule has 7 N–H and O–H groups in total. The van der Waals surface area contributed by atoms with Crippen LogP contribution < -0.4 is 32.3 Å². The number of nitrogens with one attached hydrogen (secondary N) is 5. The molecule has 1 aromatic heterocycles. The lowest BCUT2D eigenvalue weighted by atomic mass is 9.89. The molecule has 2 saturated heterocycles. The first kappa shape index (κ1) is 75.2. The van der Waals surface area contributed by atoms with Gasteiger partial charge in [0.05, 0.1) is 42.7 Å². The number of piperidine rings is 1. The number of imide groups is 1. The number of amides is 10. The van der Waals surface area contributed by atoms with E-state index >= 15 is 0 Å². The second-order valence-electron chi connectivity index (χ2n) is 26.8. The fraction of sp³-hybridized carbons (Fsp3) is 0.606. The van der Waals surface area contributed by atoms with Crippen LogP contribution in [-0.4, -0.2) is 184 Å². The van der Waals surface area contributed by atoms with Gasteiger partial charge in [-0.15, -0.1) is 0 Å². The van der Waals surface area contributed by atoms with Crippen molar-refractivity contribution in [1.82, 2.24) is 50.8 Å². The van der Waals surface area contributed by atoms with Gasteiger partial charge in [0.15, 0.2) is 5.82 Å². The summed E-state index contributed by atoms with van der Waals surface area (Å²) in [5.41, 5.74) is 7.83. The minimum Gasteiger partial charge on any atom is -0.445 e. The molecule has 96 heavy (non-hydrogen) atoms. The SMILES string of the molecule is CCC(C)C(C(CC(=O)N1CCCC1C(OC)C(C)C(=O)NC(Cc1ccccc1)c1ncccn1)OC)N(C)C(=O)C(NC(=O)C1C2CCC(C2)N1C(=O)OCc1ccc(NC(=O)C(CCCN)NC(=O)C(NC(=O)CCCCCN2C(=O)C=CC2=O)C(C)C)cc1)C(C)C. The molecule has 2 aromatic carbocycles. The van der Waals surface area contributed by atoms with Crippen LogP contribution in [0.2, 0.25) is 0 Å².